The van der Waals surface area contributed by atoms with Gasteiger partial charge in [-0.15, -0.1) is 0 Å². The molecule has 0 aliphatic rings. The summed E-state index contributed by atoms with van der Waals surface area (Å²) in [5.41, 5.74) is 8.89. The second-order valence-corrected chi connectivity index (χ2v) is 5.48. The Morgan fingerprint density at radius 2 is 1.90 bits per heavy atom. The zero-order valence-electron chi connectivity index (χ0n) is 12.2. The van der Waals surface area contributed by atoms with Crippen LogP contribution in [0, 0.1) is 6.92 Å². The highest BCUT2D eigenvalue weighted by Crippen LogP contribution is 2.29. The van der Waals surface area contributed by atoms with E-state index in [1.165, 1.54) is 11.1 Å². The van der Waals surface area contributed by atoms with Crippen LogP contribution in [-0.4, -0.2) is 5.91 Å². The van der Waals surface area contributed by atoms with Crippen LogP contribution in [0.5, 0.6) is 0 Å². The number of primary amides is 1. The van der Waals surface area contributed by atoms with Crippen LogP contribution in [0.15, 0.2) is 42.5 Å². The number of benzene rings is 2. The van der Waals surface area contributed by atoms with E-state index < -0.39 is 5.91 Å². The van der Waals surface area contributed by atoms with Crippen molar-refractivity contribution >= 4 is 23.2 Å². The summed E-state index contributed by atoms with van der Waals surface area (Å²) in [6.07, 6.45) is 0.903. The predicted molar refractivity (Wildman–Crippen MR) is 87.8 cm³/mol. The summed E-state index contributed by atoms with van der Waals surface area (Å²) < 4.78 is 0. The van der Waals surface area contributed by atoms with Gasteiger partial charge in [-0.2, -0.15) is 0 Å². The van der Waals surface area contributed by atoms with Crippen LogP contribution >= 0.6 is 11.6 Å². The first-order valence-corrected chi connectivity index (χ1v) is 7.31. The molecule has 3 nitrogen and oxygen atoms in total. The first-order valence-electron chi connectivity index (χ1n) is 6.93. The molecule has 0 aromatic heterocycles. The molecule has 2 aromatic carbocycles. The van der Waals surface area contributed by atoms with Crippen molar-refractivity contribution in [1.29, 1.82) is 0 Å². The fourth-order valence-electron chi connectivity index (χ4n) is 2.20. The van der Waals surface area contributed by atoms with Gasteiger partial charge in [0, 0.05) is 5.56 Å². The molecule has 0 bridgehead atoms. The van der Waals surface area contributed by atoms with Gasteiger partial charge in [0.05, 0.1) is 16.8 Å². The Balaban J connectivity index is 2.28. The standard InChI is InChI=1S/C17H19ClN2O/c1-3-15(12-6-4-11(2)5-7-12)20-16-10-13(17(19)21)8-9-14(16)18/h4-10,15,20H,3H2,1-2H3,(H2,19,21). The van der Waals surface area contributed by atoms with E-state index in [1.54, 1.807) is 18.2 Å². The third-order valence-electron chi connectivity index (χ3n) is 3.47. The average molecular weight is 303 g/mol. The summed E-state index contributed by atoms with van der Waals surface area (Å²) >= 11 is 6.20. The highest BCUT2D eigenvalue weighted by molar-refractivity contribution is 6.33. The molecule has 0 heterocycles. The molecule has 0 saturated carbocycles. The van der Waals surface area contributed by atoms with Gasteiger partial charge in [-0.05, 0) is 37.1 Å². The Hall–Kier alpha value is -2.00. The fourth-order valence-corrected chi connectivity index (χ4v) is 2.37. The molecule has 2 aromatic rings. The van der Waals surface area contributed by atoms with E-state index in [4.69, 9.17) is 17.3 Å². The molecular formula is C17H19ClN2O. The SMILES string of the molecule is CCC(Nc1cc(C(N)=O)ccc1Cl)c1ccc(C)cc1. The van der Waals surface area contributed by atoms with Crippen LogP contribution in [0.25, 0.3) is 0 Å². The molecule has 0 fully saturated rings. The summed E-state index contributed by atoms with van der Waals surface area (Å²) in [7, 11) is 0. The number of hydrogen-bond acceptors (Lipinski definition) is 2. The third-order valence-corrected chi connectivity index (χ3v) is 3.80. The lowest BCUT2D eigenvalue weighted by Gasteiger charge is -2.20. The van der Waals surface area contributed by atoms with Crippen LogP contribution < -0.4 is 11.1 Å². The van der Waals surface area contributed by atoms with Crippen molar-refractivity contribution in [3.8, 4) is 0 Å². The molecule has 0 aliphatic carbocycles. The fraction of sp³-hybridized carbons (Fsp3) is 0.235. The highest BCUT2D eigenvalue weighted by Gasteiger charge is 2.12. The van der Waals surface area contributed by atoms with Gasteiger partial charge in [-0.3, -0.25) is 4.79 Å². The maximum Gasteiger partial charge on any atom is 0.248 e. The topological polar surface area (TPSA) is 55.1 Å². The molecule has 4 heteroatoms. The lowest BCUT2D eigenvalue weighted by Crippen LogP contribution is -2.13. The molecule has 2 rings (SSSR count). The molecule has 3 N–H and O–H groups in total. The molecule has 1 atom stereocenters. The Bertz CT molecular complexity index is 638. The van der Waals surface area contributed by atoms with Crippen LogP contribution in [0.4, 0.5) is 5.69 Å². The van der Waals surface area contributed by atoms with Gasteiger partial charge < -0.3 is 11.1 Å². The normalized spacial score (nSPS) is 12.0. The summed E-state index contributed by atoms with van der Waals surface area (Å²) in [4.78, 5) is 11.3. The minimum atomic E-state index is -0.460. The monoisotopic (exact) mass is 302 g/mol. The third kappa shape index (κ3) is 3.76. The molecule has 0 radical (unpaired) electrons. The van der Waals surface area contributed by atoms with E-state index in [2.05, 4.69) is 43.4 Å². The summed E-state index contributed by atoms with van der Waals surface area (Å²) in [5.74, 6) is -0.460. The first kappa shape index (κ1) is 15.4. The molecular weight excluding hydrogens is 284 g/mol. The average Bonchev–Trinajstić information content (AvgIpc) is 2.47. The molecule has 0 saturated heterocycles. The lowest BCUT2D eigenvalue weighted by molar-refractivity contribution is 0.100. The Labute approximate surface area is 130 Å². The number of aryl methyl sites for hydroxylation is 1. The van der Waals surface area contributed by atoms with E-state index >= 15 is 0 Å². The van der Waals surface area contributed by atoms with Crippen LogP contribution in [-0.2, 0) is 0 Å². The highest BCUT2D eigenvalue weighted by atomic mass is 35.5. The largest absolute Gasteiger partial charge is 0.377 e. The summed E-state index contributed by atoms with van der Waals surface area (Å²) in [5, 5.41) is 3.96. The molecule has 1 unspecified atom stereocenters. The zero-order chi connectivity index (χ0) is 15.4. The number of anilines is 1. The maximum absolute atomic E-state index is 11.3. The van der Waals surface area contributed by atoms with Crippen molar-refractivity contribution in [2.75, 3.05) is 5.32 Å². The van der Waals surface area contributed by atoms with Crippen molar-refractivity contribution in [3.63, 3.8) is 0 Å². The summed E-state index contributed by atoms with van der Waals surface area (Å²) in [6, 6.07) is 13.5. The molecule has 1 amide bonds. The van der Waals surface area contributed by atoms with Gasteiger partial charge in [0.1, 0.15) is 0 Å². The van der Waals surface area contributed by atoms with Crippen LogP contribution in [0.3, 0.4) is 0 Å². The lowest BCUT2D eigenvalue weighted by atomic mass is 10.0. The second kappa shape index (κ2) is 6.64. The number of rotatable bonds is 5. The molecule has 110 valence electrons. The predicted octanol–water partition coefficient (Wildman–Crippen LogP) is 4.31. The number of amides is 1. The smallest absolute Gasteiger partial charge is 0.248 e. The zero-order valence-corrected chi connectivity index (χ0v) is 12.9. The summed E-state index contributed by atoms with van der Waals surface area (Å²) in [6.45, 7) is 4.16. The van der Waals surface area contributed by atoms with E-state index in [1.807, 2.05) is 0 Å². The van der Waals surface area contributed by atoms with Gasteiger partial charge in [0.25, 0.3) is 0 Å². The molecule has 0 aliphatic heterocycles. The van der Waals surface area contributed by atoms with Crippen molar-refractivity contribution < 1.29 is 4.79 Å². The maximum atomic E-state index is 11.3. The number of nitrogens with one attached hydrogen (secondary N) is 1. The van der Waals surface area contributed by atoms with Gasteiger partial charge in [0.2, 0.25) is 5.91 Å². The molecule has 21 heavy (non-hydrogen) atoms. The van der Waals surface area contributed by atoms with Crippen molar-refractivity contribution in [3.05, 3.63) is 64.2 Å². The Morgan fingerprint density at radius 3 is 2.48 bits per heavy atom. The Kier molecular flexibility index (Phi) is 4.86. The van der Waals surface area contributed by atoms with Crippen LogP contribution in [0.1, 0.15) is 40.9 Å². The van der Waals surface area contributed by atoms with Gasteiger partial charge >= 0.3 is 0 Å². The second-order valence-electron chi connectivity index (χ2n) is 5.07. The minimum absolute atomic E-state index is 0.131. The van der Waals surface area contributed by atoms with E-state index in [0.717, 1.165) is 12.1 Å². The van der Waals surface area contributed by atoms with Gasteiger partial charge in [-0.25, -0.2) is 0 Å². The van der Waals surface area contributed by atoms with Crippen molar-refractivity contribution in [2.24, 2.45) is 5.73 Å². The Morgan fingerprint density at radius 1 is 1.24 bits per heavy atom. The van der Waals surface area contributed by atoms with E-state index in [0.29, 0.717) is 10.6 Å². The van der Waals surface area contributed by atoms with Crippen LogP contribution in [0.2, 0.25) is 5.02 Å². The number of carbonyl (C=O) groups is 1. The number of halogens is 1. The van der Waals surface area contributed by atoms with Gasteiger partial charge in [0.15, 0.2) is 0 Å². The minimum Gasteiger partial charge on any atom is -0.377 e. The number of carbonyl (C=O) groups excluding carboxylic acids is 1. The number of nitrogens with two attached hydrogens (primary N) is 1. The molecule has 0 spiro atoms. The van der Waals surface area contributed by atoms with E-state index in [-0.39, 0.29) is 6.04 Å². The first-order chi connectivity index (χ1) is 10.0. The van der Waals surface area contributed by atoms with Gasteiger partial charge in [-0.1, -0.05) is 48.4 Å². The number of hydrogen-bond donors (Lipinski definition) is 2. The quantitative estimate of drug-likeness (QED) is 0.864. The van der Waals surface area contributed by atoms with Crippen molar-refractivity contribution in [1.82, 2.24) is 0 Å². The van der Waals surface area contributed by atoms with Crippen molar-refractivity contribution in [2.45, 2.75) is 26.3 Å². The van der Waals surface area contributed by atoms with E-state index in [9.17, 15) is 4.79 Å².